The monoisotopic (exact) mass is 457 g/mol. The van der Waals surface area contributed by atoms with Crippen LogP contribution in [0, 0.1) is 5.41 Å². The molecule has 0 aromatic heterocycles. The van der Waals surface area contributed by atoms with E-state index in [0.717, 1.165) is 0 Å². The van der Waals surface area contributed by atoms with Gasteiger partial charge in [-0.1, -0.05) is 20.8 Å². The van der Waals surface area contributed by atoms with E-state index in [-0.39, 0.29) is 32.0 Å². The Hall–Kier alpha value is -2.08. The number of aliphatic carboxylic acids is 2. The summed E-state index contributed by atoms with van der Waals surface area (Å²) in [5.74, 6) is -2.26. The van der Waals surface area contributed by atoms with Crippen LogP contribution in [0.15, 0.2) is 0 Å². The molecule has 0 aliphatic carbocycles. The standard InChI is InChI=1S/C21H39N5O6/c1-21(2,3)17(27)13-25-9-7-23(14-18(22)28)5-4-6-24(15-19(29)30)8-11-26(12-10-25)16-20(31)32/h4-16H2,1-3H3,(H2,22,28)(H,29,30)(H,31,32). The van der Waals surface area contributed by atoms with Crippen LogP contribution in [0.5, 0.6) is 0 Å². The topological polar surface area (TPSA) is 148 Å². The van der Waals surface area contributed by atoms with E-state index < -0.39 is 23.3 Å². The second-order valence-electron chi connectivity index (χ2n) is 9.39. The molecule has 1 aliphatic rings. The van der Waals surface area contributed by atoms with E-state index in [2.05, 4.69) is 0 Å². The van der Waals surface area contributed by atoms with E-state index in [4.69, 9.17) is 5.73 Å². The van der Waals surface area contributed by atoms with Crippen molar-refractivity contribution < 1.29 is 29.4 Å². The Morgan fingerprint density at radius 1 is 0.656 bits per heavy atom. The van der Waals surface area contributed by atoms with Crippen molar-refractivity contribution in [2.75, 3.05) is 78.5 Å². The van der Waals surface area contributed by atoms with Crippen molar-refractivity contribution in [2.24, 2.45) is 11.1 Å². The quantitative estimate of drug-likeness (QED) is 0.409. The summed E-state index contributed by atoms with van der Waals surface area (Å²) in [4.78, 5) is 54.1. The Balaban J connectivity index is 3.01. The molecule has 0 atom stereocenters. The molecule has 11 heteroatoms. The fraction of sp³-hybridized carbons (Fsp3) is 0.810. The zero-order chi connectivity index (χ0) is 24.3. The molecule has 0 radical (unpaired) electrons. The fourth-order valence-corrected chi connectivity index (χ4v) is 3.49. The van der Waals surface area contributed by atoms with Crippen LogP contribution in [-0.2, 0) is 19.2 Å². The molecule has 0 bridgehead atoms. The SMILES string of the molecule is CC(C)(C)C(=O)CN1CCN(CC(N)=O)CCCN(CC(=O)O)CCN(CC(=O)O)CC1. The number of rotatable bonds is 8. The zero-order valence-electron chi connectivity index (χ0n) is 19.6. The molecule has 0 spiro atoms. The molecule has 1 fully saturated rings. The first-order valence-corrected chi connectivity index (χ1v) is 11.0. The van der Waals surface area contributed by atoms with Gasteiger partial charge >= 0.3 is 11.9 Å². The Morgan fingerprint density at radius 2 is 1.00 bits per heavy atom. The summed E-state index contributed by atoms with van der Waals surface area (Å²) in [6.07, 6.45) is 0.639. The van der Waals surface area contributed by atoms with Crippen molar-refractivity contribution in [3.05, 3.63) is 0 Å². The van der Waals surface area contributed by atoms with E-state index >= 15 is 0 Å². The van der Waals surface area contributed by atoms with Crippen LogP contribution in [0.1, 0.15) is 27.2 Å². The van der Waals surface area contributed by atoms with Gasteiger partial charge in [-0.15, -0.1) is 0 Å². The van der Waals surface area contributed by atoms with Crippen LogP contribution in [0.4, 0.5) is 0 Å². The average Bonchev–Trinajstić information content (AvgIpc) is 2.65. The summed E-state index contributed by atoms with van der Waals surface area (Å²) in [7, 11) is 0. The largest absolute Gasteiger partial charge is 0.480 e. The number of carbonyl (C=O) groups excluding carboxylic acids is 2. The third-order valence-electron chi connectivity index (χ3n) is 5.45. The van der Waals surface area contributed by atoms with Crippen LogP contribution in [0.3, 0.4) is 0 Å². The van der Waals surface area contributed by atoms with E-state index in [1.807, 2.05) is 30.6 Å². The van der Waals surface area contributed by atoms with Gasteiger partial charge in [0, 0.05) is 51.2 Å². The molecule has 0 aromatic carbocycles. The maximum atomic E-state index is 12.6. The number of ketones is 1. The number of amides is 1. The molecule has 1 amide bonds. The summed E-state index contributed by atoms with van der Waals surface area (Å²) in [6.45, 7) is 9.50. The molecule has 4 N–H and O–H groups in total. The predicted molar refractivity (Wildman–Crippen MR) is 119 cm³/mol. The molecule has 184 valence electrons. The number of hydrogen-bond acceptors (Lipinski definition) is 8. The Bertz CT molecular complexity index is 651. The minimum atomic E-state index is -0.955. The average molecular weight is 458 g/mol. The van der Waals surface area contributed by atoms with E-state index in [1.54, 1.807) is 9.80 Å². The number of carboxylic acid groups (broad SMARTS) is 2. The lowest BCUT2D eigenvalue weighted by molar-refractivity contribution is -0.140. The van der Waals surface area contributed by atoms with Gasteiger partial charge in [-0.25, -0.2) is 0 Å². The van der Waals surface area contributed by atoms with Gasteiger partial charge in [0.1, 0.15) is 0 Å². The fourth-order valence-electron chi connectivity index (χ4n) is 3.49. The molecule has 0 unspecified atom stereocenters. The van der Waals surface area contributed by atoms with Gasteiger partial charge in [0.15, 0.2) is 5.78 Å². The zero-order valence-corrected chi connectivity index (χ0v) is 19.6. The molecule has 11 nitrogen and oxygen atoms in total. The number of nitrogens with zero attached hydrogens (tertiary/aromatic N) is 4. The highest BCUT2D eigenvalue weighted by atomic mass is 16.4. The number of carbonyl (C=O) groups is 4. The second-order valence-corrected chi connectivity index (χ2v) is 9.39. The van der Waals surface area contributed by atoms with E-state index in [9.17, 15) is 29.4 Å². The lowest BCUT2D eigenvalue weighted by Gasteiger charge is -2.30. The van der Waals surface area contributed by atoms with Gasteiger partial charge < -0.3 is 15.9 Å². The molecule has 1 heterocycles. The summed E-state index contributed by atoms with van der Waals surface area (Å²) in [6, 6.07) is 0. The van der Waals surface area contributed by atoms with Gasteiger partial charge in [-0.2, -0.15) is 0 Å². The van der Waals surface area contributed by atoms with Crippen molar-refractivity contribution in [2.45, 2.75) is 27.2 Å². The summed E-state index contributed by atoms with van der Waals surface area (Å²) in [5.41, 5.74) is 4.90. The second kappa shape index (κ2) is 13.5. The lowest BCUT2D eigenvalue weighted by Crippen LogP contribution is -2.46. The predicted octanol–water partition coefficient (Wildman–Crippen LogP) is -1.13. The summed E-state index contributed by atoms with van der Waals surface area (Å²) >= 11 is 0. The van der Waals surface area contributed by atoms with Crippen LogP contribution in [0.25, 0.3) is 0 Å². The molecule has 1 saturated heterocycles. The smallest absolute Gasteiger partial charge is 0.317 e. The van der Waals surface area contributed by atoms with E-state index in [0.29, 0.717) is 58.8 Å². The highest BCUT2D eigenvalue weighted by molar-refractivity contribution is 5.85. The molecule has 0 aromatic rings. The Morgan fingerprint density at radius 3 is 1.34 bits per heavy atom. The normalized spacial score (nSPS) is 19.5. The van der Waals surface area contributed by atoms with Gasteiger partial charge in [0.25, 0.3) is 0 Å². The maximum absolute atomic E-state index is 12.6. The number of Topliss-reactive ketones (excluding diaryl/α,β-unsaturated/α-hetero) is 1. The van der Waals surface area contributed by atoms with Gasteiger partial charge in [0.2, 0.25) is 5.91 Å². The van der Waals surface area contributed by atoms with Gasteiger partial charge in [-0.05, 0) is 13.0 Å². The summed E-state index contributed by atoms with van der Waals surface area (Å²) < 4.78 is 0. The first kappa shape index (κ1) is 28.0. The van der Waals surface area contributed by atoms with Crippen LogP contribution in [0.2, 0.25) is 0 Å². The van der Waals surface area contributed by atoms with Gasteiger partial charge in [0.05, 0.1) is 26.2 Å². The molecule has 1 aliphatic heterocycles. The molecular formula is C21H39N5O6. The van der Waals surface area contributed by atoms with Crippen molar-refractivity contribution >= 4 is 23.6 Å². The number of hydrogen-bond donors (Lipinski definition) is 3. The minimum Gasteiger partial charge on any atom is -0.480 e. The molecule has 1 rings (SSSR count). The summed E-state index contributed by atoms with van der Waals surface area (Å²) in [5, 5.41) is 18.5. The third kappa shape index (κ3) is 12.1. The Kier molecular flexibility index (Phi) is 11.8. The molecule has 32 heavy (non-hydrogen) atoms. The van der Waals surface area contributed by atoms with Crippen molar-refractivity contribution in [3.63, 3.8) is 0 Å². The number of carboxylic acids is 2. The van der Waals surface area contributed by atoms with Crippen molar-refractivity contribution in [1.29, 1.82) is 0 Å². The van der Waals surface area contributed by atoms with Crippen LogP contribution >= 0.6 is 0 Å². The third-order valence-corrected chi connectivity index (χ3v) is 5.45. The van der Waals surface area contributed by atoms with Crippen molar-refractivity contribution in [3.8, 4) is 0 Å². The first-order chi connectivity index (χ1) is 14.9. The van der Waals surface area contributed by atoms with Gasteiger partial charge in [-0.3, -0.25) is 38.8 Å². The minimum absolute atomic E-state index is 0.0840. The van der Waals surface area contributed by atoms with E-state index in [1.165, 1.54) is 0 Å². The molecular weight excluding hydrogens is 418 g/mol. The van der Waals surface area contributed by atoms with Crippen LogP contribution < -0.4 is 5.73 Å². The lowest BCUT2D eigenvalue weighted by atomic mass is 9.90. The number of nitrogens with two attached hydrogens (primary N) is 1. The first-order valence-electron chi connectivity index (χ1n) is 11.0. The Labute approximate surface area is 190 Å². The highest BCUT2D eigenvalue weighted by Gasteiger charge is 2.25. The van der Waals surface area contributed by atoms with Crippen molar-refractivity contribution in [1.82, 2.24) is 19.6 Å². The maximum Gasteiger partial charge on any atom is 0.317 e. The molecule has 0 saturated carbocycles. The van der Waals surface area contributed by atoms with Crippen LogP contribution in [-0.4, -0.2) is 132 Å². The highest BCUT2D eigenvalue weighted by Crippen LogP contribution is 2.15. The number of primary amides is 1.